The van der Waals surface area contributed by atoms with E-state index in [2.05, 4.69) is 24.1 Å². The van der Waals surface area contributed by atoms with E-state index in [9.17, 15) is 5.11 Å². The number of aliphatic hydroxyl groups is 1. The first-order chi connectivity index (χ1) is 8.24. The van der Waals surface area contributed by atoms with Crippen LogP contribution >= 0.6 is 0 Å². The van der Waals surface area contributed by atoms with Crippen molar-refractivity contribution in [1.82, 2.24) is 4.90 Å². The third-order valence-electron chi connectivity index (χ3n) is 3.79. The molecular formula is C14H21NO2. The monoisotopic (exact) mass is 235 g/mol. The van der Waals surface area contributed by atoms with Gasteiger partial charge in [0.25, 0.3) is 0 Å². The van der Waals surface area contributed by atoms with E-state index >= 15 is 0 Å². The van der Waals surface area contributed by atoms with E-state index in [-0.39, 0.29) is 6.61 Å². The zero-order valence-corrected chi connectivity index (χ0v) is 10.6. The van der Waals surface area contributed by atoms with Crippen LogP contribution in [0.1, 0.15) is 24.3 Å². The molecule has 1 aliphatic rings. The number of ether oxygens (including phenoxy) is 1. The van der Waals surface area contributed by atoms with Crippen molar-refractivity contribution in [3.8, 4) is 5.75 Å². The third kappa shape index (κ3) is 2.79. The Morgan fingerprint density at radius 1 is 1.47 bits per heavy atom. The normalized spacial score (nSPS) is 25.8. The van der Waals surface area contributed by atoms with Crippen molar-refractivity contribution in [2.24, 2.45) is 0 Å². The lowest BCUT2D eigenvalue weighted by Gasteiger charge is -2.36. The lowest BCUT2D eigenvalue weighted by Crippen LogP contribution is -2.41. The van der Waals surface area contributed by atoms with Crippen LogP contribution in [0.5, 0.6) is 5.75 Å². The van der Waals surface area contributed by atoms with Gasteiger partial charge in [0.15, 0.2) is 0 Å². The van der Waals surface area contributed by atoms with Crippen LogP contribution in [0.25, 0.3) is 0 Å². The van der Waals surface area contributed by atoms with E-state index in [1.165, 1.54) is 5.56 Å². The van der Waals surface area contributed by atoms with E-state index in [1.807, 2.05) is 12.1 Å². The molecule has 0 radical (unpaired) electrons. The molecule has 0 aromatic heterocycles. The first-order valence-electron chi connectivity index (χ1n) is 6.19. The summed E-state index contributed by atoms with van der Waals surface area (Å²) in [6.45, 7) is 1.30. The topological polar surface area (TPSA) is 32.7 Å². The third-order valence-corrected chi connectivity index (χ3v) is 3.79. The van der Waals surface area contributed by atoms with Gasteiger partial charge in [-0.25, -0.2) is 0 Å². The van der Waals surface area contributed by atoms with Gasteiger partial charge in [0.2, 0.25) is 0 Å². The van der Waals surface area contributed by atoms with E-state index in [0.717, 1.165) is 25.1 Å². The van der Waals surface area contributed by atoms with Crippen molar-refractivity contribution in [2.75, 3.05) is 27.3 Å². The van der Waals surface area contributed by atoms with Gasteiger partial charge in [-0.3, -0.25) is 0 Å². The van der Waals surface area contributed by atoms with Gasteiger partial charge < -0.3 is 14.7 Å². The summed E-state index contributed by atoms with van der Waals surface area (Å²) in [7, 11) is 3.78. The van der Waals surface area contributed by atoms with Crippen molar-refractivity contribution in [3.63, 3.8) is 0 Å². The Morgan fingerprint density at radius 3 is 3.00 bits per heavy atom. The zero-order valence-electron chi connectivity index (χ0n) is 10.6. The fourth-order valence-electron chi connectivity index (χ4n) is 2.58. The molecule has 0 aliphatic carbocycles. The molecule has 17 heavy (non-hydrogen) atoms. The van der Waals surface area contributed by atoms with Gasteiger partial charge in [-0.1, -0.05) is 12.1 Å². The molecule has 2 unspecified atom stereocenters. The number of rotatable bonds is 3. The van der Waals surface area contributed by atoms with Gasteiger partial charge in [0, 0.05) is 6.04 Å². The maximum absolute atomic E-state index is 9.36. The first kappa shape index (κ1) is 12.4. The van der Waals surface area contributed by atoms with Crippen LogP contribution in [-0.4, -0.2) is 43.4 Å². The Hall–Kier alpha value is -1.06. The maximum atomic E-state index is 9.36. The molecule has 0 bridgehead atoms. The molecule has 94 valence electrons. The van der Waals surface area contributed by atoms with Crippen molar-refractivity contribution >= 4 is 0 Å². The molecule has 0 amide bonds. The molecule has 2 rings (SSSR count). The number of methoxy groups -OCH3 is 1. The second-order valence-electron chi connectivity index (χ2n) is 4.81. The predicted octanol–water partition coefficient (Wildman–Crippen LogP) is 1.87. The van der Waals surface area contributed by atoms with Crippen molar-refractivity contribution in [1.29, 1.82) is 0 Å². The lowest BCUT2D eigenvalue weighted by atomic mass is 9.85. The first-order valence-corrected chi connectivity index (χ1v) is 6.19. The standard InChI is InChI=1S/C14H21NO2/c1-15-7-6-12(8-13(15)10-16)11-4-3-5-14(9-11)17-2/h3-5,9,12-13,16H,6-8,10H2,1-2H3. The molecule has 1 aromatic carbocycles. The molecule has 0 spiro atoms. The van der Waals surface area contributed by atoms with Crippen LogP contribution in [-0.2, 0) is 0 Å². The Kier molecular flexibility index (Phi) is 4.02. The summed E-state index contributed by atoms with van der Waals surface area (Å²) in [5.41, 5.74) is 1.33. The molecule has 1 saturated heterocycles. The highest BCUT2D eigenvalue weighted by molar-refractivity contribution is 5.31. The van der Waals surface area contributed by atoms with Crippen molar-refractivity contribution in [2.45, 2.75) is 24.8 Å². The Labute approximate surface area is 103 Å². The molecule has 1 aromatic rings. The van der Waals surface area contributed by atoms with Gasteiger partial charge in [0.05, 0.1) is 13.7 Å². The van der Waals surface area contributed by atoms with Gasteiger partial charge in [-0.15, -0.1) is 0 Å². The number of aliphatic hydroxyl groups excluding tert-OH is 1. The summed E-state index contributed by atoms with van der Waals surface area (Å²) in [4.78, 5) is 2.25. The number of benzene rings is 1. The maximum Gasteiger partial charge on any atom is 0.119 e. The molecule has 2 atom stereocenters. The molecular weight excluding hydrogens is 214 g/mol. The van der Waals surface area contributed by atoms with E-state index in [0.29, 0.717) is 12.0 Å². The van der Waals surface area contributed by atoms with Gasteiger partial charge >= 0.3 is 0 Å². The van der Waals surface area contributed by atoms with Crippen LogP contribution in [0.3, 0.4) is 0 Å². The number of likely N-dealkylation sites (N-methyl/N-ethyl adjacent to an activating group) is 1. The highest BCUT2D eigenvalue weighted by atomic mass is 16.5. The van der Waals surface area contributed by atoms with Gasteiger partial charge in [-0.2, -0.15) is 0 Å². The largest absolute Gasteiger partial charge is 0.497 e. The summed E-state index contributed by atoms with van der Waals surface area (Å²) in [5.74, 6) is 1.46. The molecule has 1 N–H and O–H groups in total. The highest BCUT2D eigenvalue weighted by Crippen LogP contribution is 2.32. The number of hydrogen-bond donors (Lipinski definition) is 1. The van der Waals surface area contributed by atoms with Gasteiger partial charge in [0.1, 0.15) is 5.75 Å². The minimum absolute atomic E-state index is 0.247. The zero-order chi connectivity index (χ0) is 12.3. The quantitative estimate of drug-likeness (QED) is 0.868. The average molecular weight is 235 g/mol. The van der Waals surface area contributed by atoms with Crippen LogP contribution in [0, 0.1) is 0 Å². The molecule has 1 aliphatic heterocycles. The minimum Gasteiger partial charge on any atom is -0.497 e. The second-order valence-corrected chi connectivity index (χ2v) is 4.81. The number of nitrogens with zero attached hydrogens (tertiary/aromatic N) is 1. The van der Waals surface area contributed by atoms with Crippen LogP contribution in [0.2, 0.25) is 0 Å². The summed E-state index contributed by atoms with van der Waals surface area (Å²) < 4.78 is 5.26. The minimum atomic E-state index is 0.247. The Balaban J connectivity index is 2.11. The predicted molar refractivity (Wildman–Crippen MR) is 68.5 cm³/mol. The molecule has 0 saturated carbocycles. The van der Waals surface area contributed by atoms with Crippen molar-refractivity contribution < 1.29 is 9.84 Å². The number of piperidine rings is 1. The fourth-order valence-corrected chi connectivity index (χ4v) is 2.58. The lowest BCUT2D eigenvalue weighted by molar-refractivity contribution is 0.104. The summed E-state index contributed by atoms with van der Waals surface area (Å²) >= 11 is 0. The Morgan fingerprint density at radius 2 is 2.29 bits per heavy atom. The summed E-state index contributed by atoms with van der Waals surface area (Å²) in [6, 6.07) is 8.58. The van der Waals surface area contributed by atoms with Crippen LogP contribution < -0.4 is 4.74 Å². The SMILES string of the molecule is COc1cccc(C2CCN(C)C(CO)C2)c1. The van der Waals surface area contributed by atoms with Crippen molar-refractivity contribution in [3.05, 3.63) is 29.8 Å². The van der Waals surface area contributed by atoms with E-state index < -0.39 is 0 Å². The second kappa shape index (κ2) is 5.52. The van der Waals surface area contributed by atoms with Gasteiger partial charge in [-0.05, 0) is 50.0 Å². The smallest absolute Gasteiger partial charge is 0.119 e. The average Bonchev–Trinajstić information content (AvgIpc) is 2.39. The number of hydrogen-bond acceptors (Lipinski definition) is 3. The summed E-state index contributed by atoms with van der Waals surface area (Å²) in [6.07, 6.45) is 2.18. The highest BCUT2D eigenvalue weighted by Gasteiger charge is 2.26. The van der Waals surface area contributed by atoms with E-state index in [1.54, 1.807) is 7.11 Å². The molecule has 1 fully saturated rings. The molecule has 3 nitrogen and oxygen atoms in total. The number of likely N-dealkylation sites (tertiary alicyclic amines) is 1. The fraction of sp³-hybridized carbons (Fsp3) is 0.571. The Bertz CT molecular complexity index is 367. The molecule has 1 heterocycles. The molecule has 3 heteroatoms. The van der Waals surface area contributed by atoms with Crippen LogP contribution in [0.15, 0.2) is 24.3 Å². The summed E-state index contributed by atoms with van der Waals surface area (Å²) in [5, 5.41) is 9.36. The van der Waals surface area contributed by atoms with E-state index in [4.69, 9.17) is 4.74 Å². The van der Waals surface area contributed by atoms with Crippen LogP contribution in [0.4, 0.5) is 0 Å².